The van der Waals surface area contributed by atoms with Gasteiger partial charge in [-0.1, -0.05) is 26.0 Å². The summed E-state index contributed by atoms with van der Waals surface area (Å²) in [6, 6.07) is 1.81. The SMILES string of the molecule is CC(C)c1cc(C(=O)NN2C(=O)[C@H]3CC=CC[C@@H]3C2=O)cs1. The van der Waals surface area contributed by atoms with Crippen molar-refractivity contribution in [1.82, 2.24) is 10.4 Å². The summed E-state index contributed by atoms with van der Waals surface area (Å²) in [5.74, 6) is -1.32. The largest absolute Gasteiger partial charge is 0.272 e. The minimum Gasteiger partial charge on any atom is -0.272 e. The first-order valence-electron chi connectivity index (χ1n) is 7.41. The minimum atomic E-state index is -0.406. The zero-order chi connectivity index (χ0) is 15.9. The maximum Gasteiger partial charge on any atom is 0.271 e. The van der Waals surface area contributed by atoms with Gasteiger partial charge in [-0.2, -0.15) is 5.01 Å². The zero-order valence-corrected chi connectivity index (χ0v) is 13.4. The number of nitrogens with one attached hydrogen (secondary N) is 1. The van der Waals surface area contributed by atoms with Crippen molar-refractivity contribution in [3.05, 3.63) is 34.0 Å². The Morgan fingerprint density at radius 1 is 1.23 bits per heavy atom. The van der Waals surface area contributed by atoms with Gasteiger partial charge in [0.05, 0.1) is 17.4 Å². The van der Waals surface area contributed by atoms with Gasteiger partial charge < -0.3 is 0 Å². The number of amides is 3. The van der Waals surface area contributed by atoms with Gasteiger partial charge in [0.15, 0.2) is 0 Å². The zero-order valence-electron chi connectivity index (χ0n) is 12.5. The van der Waals surface area contributed by atoms with Crippen LogP contribution in [0.1, 0.15) is 47.8 Å². The molecule has 1 N–H and O–H groups in total. The van der Waals surface area contributed by atoms with E-state index in [9.17, 15) is 14.4 Å². The minimum absolute atomic E-state index is 0.299. The van der Waals surface area contributed by atoms with Crippen LogP contribution in [0.25, 0.3) is 0 Å². The standard InChI is InChI=1S/C16H18N2O3S/c1-9(2)13-7-10(8-22-13)14(19)17-18-15(20)11-5-3-4-6-12(11)16(18)21/h3-4,7-9,11-12H,5-6H2,1-2H3,(H,17,19)/t11-,12-/m0/s1. The lowest BCUT2D eigenvalue weighted by molar-refractivity contribution is -0.142. The summed E-state index contributed by atoms with van der Waals surface area (Å²) in [6.45, 7) is 4.11. The summed E-state index contributed by atoms with van der Waals surface area (Å²) < 4.78 is 0. The molecule has 3 rings (SSSR count). The highest BCUT2D eigenvalue weighted by atomic mass is 32.1. The van der Waals surface area contributed by atoms with Crippen LogP contribution in [0.2, 0.25) is 0 Å². The molecule has 22 heavy (non-hydrogen) atoms. The Labute approximate surface area is 133 Å². The number of thiophene rings is 1. The molecule has 0 radical (unpaired) electrons. The number of allylic oxidation sites excluding steroid dienone is 2. The molecule has 5 nitrogen and oxygen atoms in total. The first-order chi connectivity index (χ1) is 10.5. The molecule has 2 aliphatic rings. The van der Waals surface area contributed by atoms with E-state index >= 15 is 0 Å². The highest BCUT2D eigenvalue weighted by Gasteiger charge is 2.48. The van der Waals surface area contributed by atoms with Crippen molar-refractivity contribution >= 4 is 29.1 Å². The molecule has 0 bridgehead atoms. The first kappa shape index (κ1) is 15.0. The number of imide groups is 1. The van der Waals surface area contributed by atoms with E-state index in [0.29, 0.717) is 24.3 Å². The van der Waals surface area contributed by atoms with Crippen molar-refractivity contribution < 1.29 is 14.4 Å². The van der Waals surface area contributed by atoms with Gasteiger partial charge in [-0.25, -0.2) is 0 Å². The Hall–Kier alpha value is -1.95. The normalized spacial score (nSPS) is 24.0. The monoisotopic (exact) mass is 318 g/mol. The van der Waals surface area contributed by atoms with Crippen LogP contribution in [0.4, 0.5) is 0 Å². The Morgan fingerprint density at radius 2 is 1.82 bits per heavy atom. The van der Waals surface area contributed by atoms with Crippen LogP contribution in [0, 0.1) is 11.8 Å². The maximum absolute atomic E-state index is 12.3. The molecular formula is C16H18N2O3S. The van der Waals surface area contributed by atoms with Crippen LogP contribution in [0.3, 0.4) is 0 Å². The molecule has 3 amide bonds. The fourth-order valence-electron chi connectivity index (χ4n) is 2.85. The lowest BCUT2D eigenvalue weighted by Gasteiger charge is -2.15. The van der Waals surface area contributed by atoms with E-state index in [1.807, 2.05) is 18.2 Å². The van der Waals surface area contributed by atoms with Gasteiger partial charge in [-0.05, 0) is 24.8 Å². The van der Waals surface area contributed by atoms with Crippen LogP contribution >= 0.6 is 11.3 Å². The molecule has 1 aliphatic carbocycles. The number of rotatable bonds is 3. The third-order valence-corrected chi connectivity index (χ3v) is 5.41. The van der Waals surface area contributed by atoms with Crippen molar-refractivity contribution in [2.75, 3.05) is 0 Å². The molecule has 1 aromatic heterocycles. The van der Waals surface area contributed by atoms with E-state index in [2.05, 4.69) is 19.3 Å². The summed E-state index contributed by atoms with van der Waals surface area (Å²) in [7, 11) is 0. The summed E-state index contributed by atoms with van der Waals surface area (Å²) >= 11 is 1.51. The van der Waals surface area contributed by atoms with Gasteiger partial charge in [-0.3, -0.25) is 19.8 Å². The van der Waals surface area contributed by atoms with E-state index in [1.165, 1.54) is 11.3 Å². The van der Waals surface area contributed by atoms with Crippen molar-refractivity contribution in [2.45, 2.75) is 32.6 Å². The molecule has 1 fully saturated rings. The van der Waals surface area contributed by atoms with Crippen LogP contribution < -0.4 is 5.43 Å². The highest BCUT2D eigenvalue weighted by Crippen LogP contribution is 2.34. The van der Waals surface area contributed by atoms with Gasteiger partial charge in [-0.15, -0.1) is 11.3 Å². The number of fused-ring (bicyclic) bond motifs is 1. The first-order valence-corrected chi connectivity index (χ1v) is 8.29. The topological polar surface area (TPSA) is 66.5 Å². The number of hydrazine groups is 1. The maximum atomic E-state index is 12.3. The molecule has 1 saturated heterocycles. The predicted molar refractivity (Wildman–Crippen MR) is 83.1 cm³/mol. The van der Waals surface area contributed by atoms with Gasteiger partial charge in [0.1, 0.15) is 0 Å². The molecule has 116 valence electrons. The summed E-state index contributed by atoms with van der Waals surface area (Å²) in [6.07, 6.45) is 4.98. The number of hydrogen-bond acceptors (Lipinski definition) is 4. The lowest BCUT2D eigenvalue weighted by Crippen LogP contribution is -2.46. The molecule has 6 heteroatoms. The average Bonchev–Trinajstić information content (AvgIpc) is 3.08. The molecule has 1 aromatic rings. The van der Waals surface area contributed by atoms with E-state index in [1.54, 1.807) is 5.38 Å². The molecule has 0 unspecified atom stereocenters. The smallest absolute Gasteiger partial charge is 0.271 e. The van der Waals surface area contributed by atoms with Crippen molar-refractivity contribution in [1.29, 1.82) is 0 Å². The third-order valence-electron chi connectivity index (χ3n) is 4.17. The molecule has 1 aliphatic heterocycles. The summed E-state index contributed by atoms with van der Waals surface area (Å²) in [4.78, 5) is 37.9. The van der Waals surface area contributed by atoms with E-state index in [0.717, 1.165) is 9.89 Å². The second-order valence-corrected chi connectivity index (χ2v) is 6.94. The van der Waals surface area contributed by atoms with Crippen LogP contribution in [0.15, 0.2) is 23.6 Å². The Balaban J connectivity index is 1.74. The molecule has 0 saturated carbocycles. The fraction of sp³-hybridized carbons (Fsp3) is 0.438. The number of nitrogens with zero attached hydrogens (tertiary/aromatic N) is 1. The van der Waals surface area contributed by atoms with E-state index < -0.39 is 5.91 Å². The Kier molecular flexibility index (Phi) is 3.87. The van der Waals surface area contributed by atoms with Crippen LogP contribution in [-0.2, 0) is 9.59 Å². The van der Waals surface area contributed by atoms with Crippen LogP contribution in [-0.4, -0.2) is 22.7 Å². The predicted octanol–water partition coefficient (Wildman–Crippen LogP) is 2.47. The molecule has 2 heterocycles. The number of carbonyl (C=O) groups is 3. The molecule has 2 atom stereocenters. The van der Waals surface area contributed by atoms with Crippen LogP contribution in [0.5, 0.6) is 0 Å². The second-order valence-electron chi connectivity index (χ2n) is 6.00. The highest BCUT2D eigenvalue weighted by molar-refractivity contribution is 7.10. The van der Waals surface area contributed by atoms with E-state index in [4.69, 9.17) is 0 Å². The molecule has 0 aromatic carbocycles. The Morgan fingerprint density at radius 3 is 2.32 bits per heavy atom. The number of hydrogen-bond donors (Lipinski definition) is 1. The van der Waals surface area contributed by atoms with Gasteiger partial charge in [0.2, 0.25) is 0 Å². The lowest BCUT2D eigenvalue weighted by atomic mass is 9.85. The fourth-order valence-corrected chi connectivity index (χ4v) is 3.76. The molecule has 0 spiro atoms. The van der Waals surface area contributed by atoms with Gasteiger partial charge in [0.25, 0.3) is 17.7 Å². The second kappa shape index (κ2) is 5.68. The van der Waals surface area contributed by atoms with Crippen molar-refractivity contribution in [2.24, 2.45) is 11.8 Å². The molecular weight excluding hydrogens is 300 g/mol. The van der Waals surface area contributed by atoms with Crippen molar-refractivity contribution in [3.63, 3.8) is 0 Å². The van der Waals surface area contributed by atoms with Crippen molar-refractivity contribution in [3.8, 4) is 0 Å². The quantitative estimate of drug-likeness (QED) is 0.688. The van der Waals surface area contributed by atoms with Gasteiger partial charge >= 0.3 is 0 Å². The number of carbonyl (C=O) groups excluding carboxylic acids is 3. The average molecular weight is 318 g/mol. The summed E-state index contributed by atoms with van der Waals surface area (Å²) in [5, 5.41) is 2.67. The third kappa shape index (κ3) is 2.47. The summed E-state index contributed by atoms with van der Waals surface area (Å²) in [5.41, 5.74) is 2.97. The van der Waals surface area contributed by atoms with E-state index in [-0.39, 0.29) is 23.7 Å². The Bertz CT molecular complexity index is 636. The van der Waals surface area contributed by atoms with Gasteiger partial charge in [0, 0.05) is 10.3 Å².